The minimum atomic E-state index is -3.76. The van der Waals surface area contributed by atoms with E-state index in [1.807, 2.05) is 0 Å². The summed E-state index contributed by atoms with van der Waals surface area (Å²) in [6.07, 6.45) is 5.35. The number of hydrogen-bond donors (Lipinski definition) is 2. The standard InChI is InChI=1S/C17H26N2O5S/c1-23-16-10-13(8-9-14(16)17(20)24-2)25(21,22)19-15(11-18)12-6-4-3-5-7-12/h8-10,12,15,19H,3-7,11,18H2,1-2H3. The van der Waals surface area contributed by atoms with Crippen LogP contribution in [-0.2, 0) is 14.8 Å². The summed E-state index contributed by atoms with van der Waals surface area (Å²) in [6.45, 7) is 0.251. The van der Waals surface area contributed by atoms with Crippen molar-refractivity contribution in [1.29, 1.82) is 0 Å². The van der Waals surface area contributed by atoms with Crippen molar-refractivity contribution >= 4 is 16.0 Å². The van der Waals surface area contributed by atoms with E-state index in [9.17, 15) is 13.2 Å². The van der Waals surface area contributed by atoms with E-state index in [2.05, 4.69) is 9.46 Å². The smallest absolute Gasteiger partial charge is 0.341 e. The molecule has 0 aromatic heterocycles. The third-order valence-corrected chi connectivity index (χ3v) is 6.16. The van der Waals surface area contributed by atoms with Gasteiger partial charge in [0.05, 0.1) is 19.1 Å². The van der Waals surface area contributed by atoms with Gasteiger partial charge in [-0.05, 0) is 30.9 Å². The van der Waals surface area contributed by atoms with Crippen LogP contribution < -0.4 is 15.2 Å². The Labute approximate surface area is 148 Å². The summed E-state index contributed by atoms with van der Waals surface area (Å²) in [4.78, 5) is 11.7. The van der Waals surface area contributed by atoms with Crippen molar-refractivity contribution in [1.82, 2.24) is 4.72 Å². The van der Waals surface area contributed by atoms with Crippen molar-refractivity contribution in [2.24, 2.45) is 11.7 Å². The maximum atomic E-state index is 12.7. The average molecular weight is 370 g/mol. The van der Waals surface area contributed by atoms with Crippen LogP contribution in [-0.4, -0.2) is 41.2 Å². The topological polar surface area (TPSA) is 108 Å². The van der Waals surface area contributed by atoms with Crippen LogP contribution in [0.2, 0.25) is 0 Å². The van der Waals surface area contributed by atoms with E-state index in [-0.39, 0.29) is 34.7 Å². The van der Waals surface area contributed by atoms with Crippen LogP contribution in [0.4, 0.5) is 0 Å². The highest BCUT2D eigenvalue weighted by atomic mass is 32.2. The second kappa shape index (κ2) is 8.64. The van der Waals surface area contributed by atoms with E-state index in [1.165, 1.54) is 38.8 Å². The van der Waals surface area contributed by atoms with Crippen molar-refractivity contribution in [2.45, 2.75) is 43.0 Å². The number of ether oxygens (including phenoxy) is 2. The molecule has 0 amide bonds. The summed E-state index contributed by atoms with van der Waals surface area (Å²) < 4.78 is 38.0. The molecule has 1 saturated carbocycles. The summed E-state index contributed by atoms with van der Waals surface area (Å²) >= 11 is 0. The van der Waals surface area contributed by atoms with Gasteiger partial charge in [-0.25, -0.2) is 17.9 Å². The fourth-order valence-corrected chi connectivity index (χ4v) is 4.59. The number of carbonyl (C=O) groups excluding carboxylic acids is 1. The molecule has 0 heterocycles. The molecule has 1 aromatic carbocycles. The predicted molar refractivity (Wildman–Crippen MR) is 94.1 cm³/mol. The molecule has 0 saturated heterocycles. The lowest BCUT2D eigenvalue weighted by molar-refractivity contribution is 0.0597. The molecule has 7 nitrogen and oxygen atoms in total. The Bertz CT molecular complexity index is 699. The van der Waals surface area contributed by atoms with Gasteiger partial charge in [-0.3, -0.25) is 0 Å². The molecule has 1 atom stereocenters. The zero-order chi connectivity index (χ0) is 18.4. The van der Waals surface area contributed by atoms with Crippen LogP contribution in [0.15, 0.2) is 23.1 Å². The third-order valence-electron chi connectivity index (χ3n) is 4.67. The molecular formula is C17H26N2O5S. The monoisotopic (exact) mass is 370 g/mol. The Morgan fingerprint density at radius 3 is 2.52 bits per heavy atom. The molecule has 3 N–H and O–H groups in total. The van der Waals surface area contributed by atoms with Crippen LogP contribution in [0.1, 0.15) is 42.5 Å². The number of methoxy groups -OCH3 is 2. The van der Waals surface area contributed by atoms with Crippen LogP contribution in [0.3, 0.4) is 0 Å². The first kappa shape index (κ1) is 19.7. The number of carbonyl (C=O) groups is 1. The molecule has 1 aliphatic rings. The van der Waals surface area contributed by atoms with Gasteiger partial charge in [0.2, 0.25) is 10.0 Å². The first-order chi connectivity index (χ1) is 11.9. The molecular weight excluding hydrogens is 344 g/mol. The van der Waals surface area contributed by atoms with Crippen LogP contribution in [0.25, 0.3) is 0 Å². The maximum absolute atomic E-state index is 12.7. The quantitative estimate of drug-likeness (QED) is 0.707. The Hall–Kier alpha value is -1.64. The summed E-state index contributed by atoms with van der Waals surface area (Å²) in [5, 5.41) is 0. The maximum Gasteiger partial charge on any atom is 0.341 e. The van der Waals surface area contributed by atoms with Crippen molar-refractivity contribution in [3.63, 3.8) is 0 Å². The second-order valence-electron chi connectivity index (χ2n) is 6.22. The van der Waals surface area contributed by atoms with Gasteiger partial charge in [0.1, 0.15) is 11.3 Å². The highest BCUT2D eigenvalue weighted by molar-refractivity contribution is 7.89. The van der Waals surface area contributed by atoms with Crippen LogP contribution in [0, 0.1) is 5.92 Å². The highest BCUT2D eigenvalue weighted by Gasteiger charge is 2.28. The van der Waals surface area contributed by atoms with Crippen molar-refractivity contribution < 1.29 is 22.7 Å². The molecule has 0 radical (unpaired) electrons. The van der Waals surface area contributed by atoms with Gasteiger partial charge in [-0.15, -0.1) is 0 Å². The molecule has 1 aliphatic carbocycles. The minimum absolute atomic E-state index is 0.0336. The zero-order valence-corrected chi connectivity index (χ0v) is 15.5. The Balaban J connectivity index is 2.24. The van der Waals surface area contributed by atoms with Gasteiger partial charge < -0.3 is 15.2 Å². The number of hydrogen-bond acceptors (Lipinski definition) is 6. The molecule has 1 unspecified atom stereocenters. The Morgan fingerprint density at radius 1 is 1.28 bits per heavy atom. The average Bonchev–Trinajstić information content (AvgIpc) is 2.65. The lowest BCUT2D eigenvalue weighted by atomic mass is 9.84. The second-order valence-corrected chi connectivity index (χ2v) is 7.93. The molecule has 1 fully saturated rings. The third kappa shape index (κ3) is 4.71. The molecule has 0 aliphatic heterocycles. The molecule has 140 valence electrons. The van der Waals surface area contributed by atoms with Gasteiger partial charge in [-0.2, -0.15) is 0 Å². The van der Waals surface area contributed by atoms with E-state index in [4.69, 9.17) is 10.5 Å². The van der Waals surface area contributed by atoms with E-state index in [0.717, 1.165) is 25.7 Å². The summed E-state index contributed by atoms with van der Waals surface area (Å²) in [6, 6.07) is 3.78. The molecule has 0 bridgehead atoms. The molecule has 0 spiro atoms. The van der Waals surface area contributed by atoms with Gasteiger partial charge in [-0.1, -0.05) is 19.3 Å². The number of rotatable bonds is 7. The Morgan fingerprint density at radius 2 is 1.96 bits per heavy atom. The summed E-state index contributed by atoms with van der Waals surface area (Å²) in [7, 11) is -1.14. The van der Waals surface area contributed by atoms with E-state index in [1.54, 1.807) is 0 Å². The summed E-state index contributed by atoms with van der Waals surface area (Å²) in [5.74, 6) is -0.183. The van der Waals surface area contributed by atoms with Crippen molar-refractivity contribution in [3.8, 4) is 5.75 Å². The van der Waals surface area contributed by atoms with E-state index < -0.39 is 16.0 Å². The van der Waals surface area contributed by atoms with E-state index in [0.29, 0.717) is 0 Å². The number of esters is 1. The van der Waals surface area contributed by atoms with E-state index >= 15 is 0 Å². The van der Waals surface area contributed by atoms with Gasteiger partial charge in [0.15, 0.2) is 0 Å². The highest BCUT2D eigenvalue weighted by Crippen LogP contribution is 2.28. The largest absolute Gasteiger partial charge is 0.496 e. The van der Waals surface area contributed by atoms with Crippen molar-refractivity contribution in [2.75, 3.05) is 20.8 Å². The SMILES string of the molecule is COC(=O)c1ccc(S(=O)(=O)NC(CN)C2CCCCC2)cc1OC. The first-order valence-corrected chi connectivity index (χ1v) is 9.90. The number of benzene rings is 1. The minimum Gasteiger partial charge on any atom is -0.496 e. The zero-order valence-electron chi connectivity index (χ0n) is 14.7. The van der Waals surface area contributed by atoms with Crippen LogP contribution >= 0.6 is 0 Å². The molecule has 1 aromatic rings. The Kier molecular flexibility index (Phi) is 6.80. The number of sulfonamides is 1. The summed E-state index contributed by atoms with van der Waals surface area (Å²) in [5.41, 5.74) is 5.99. The molecule has 25 heavy (non-hydrogen) atoms. The van der Waals surface area contributed by atoms with Gasteiger partial charge in [0.25, 0.3) is 0 Å². The predicted octanol–water partition coefficient (Wildman–Crippen LogP) is 1.67. The number of nitrogens with two attached hydrogens (primary N) is 1. The van der Waals surface area contributed by atoms with Crippen LogP contribution in [0.5, 0.6) is 5.75 Å². The van der Waals surface area contributed by atoms with Gasteiger partial charge >= 0.3 is 5.97 Å². The fourth-order valence-electron chi connectivity index (χ4n) is 3.26. The number of nitrogens with one attached hydrogen (secondary N) is 1. The molecule has 8 heteroatoms. The lowest BCUT2D eigenvalue weighted by Crippen LogP contribution is -2.45. The van der Waals surface area contributed by atoms with Crippen molar-refractivity contribution in [3.05, 3.63) is 23.8 Å². The lowest BCUT2D eigenvalue weighted by Gasteiger charge is -2.29. The van der Waals surface area contributed by atoms with Gasteiger partial charge in [0, 0.05) is 18.7 Å². The fraction of sp³-hybridized carbons (Fsp3) is 0.588. The first-order valence-electron chi connectivity index (χ1n) is 8.41. The normalized spacial score (nSPS) is 17.1. The molecule has 2 rings (SSSR count).